The second-order valence-electron chi connectivity index (χ2n) is 4.71. The van der Waals surface area contributed by atoms with Crippen molar-refractivity contribution in [2.24, 2.45) is 0 Å². The zero-order valence-electron chi connectivity index (χ0n) is 11.2. The zero-order valence-corrected chi connectivity index (χ0v) is 12.0. The molecule has 3 nitrogen and oxygen atoms in total. The molecule has 0 unspecified atom stereocenters. The van der Waals surface area contributed by atoms with E-state index in [1.807, 2.05) is 31.3 Å². The maximum Gasteiger partial charge on any atom is 0.126 e. The lowest BCUT2D eigenvalue weighted by molar-refractivity contribution is 1.10. The number of thiazole rings is 1. The van der Waals surface area contributed by atoms with E-state index in [0.717, 1.165) is 33.8 Å². The van der Waals surface area contributed by atoms with E-state index in [1.165, 1.54) is 0 Å². The first-order chi connectivity index (χ1) is 9.72. The standard InChI is InChI=1S/C16H15N3S/c1-11-7-12(9-18-16(11)17)8-15-19-14(10-20-15)13-5-3-2-4-6-13/h2-7,9-10H,8H2,1H3,(H2,17,18). The molecule has 0 atom stereocenters. The summed E-state index contributed by atoms with van der Waals surface area (Å²) in [4.78, 5) is 8.88. The fraction of sp³-hybridized carbons (Fsp3) is 0.125. The SMILES string of the molecule is Cc1cc(Cc2nc(-c3ccccc3)cs2)cnc1N. The lowest BCUT2D eigenvalue weighted by atomic mass is 10.1. The molecule has 3 rings (SSSR count). The minimum absolute atomic E-state index is 0.595. The Morgan fingerprint density at radius 2 is 2.00 bits per heavy atom. The number of aryl methyl sites for hydroxylation is 1. The normalized spacial score (nSPS) is 10.7. The van der Waals surface area contributed by atoms with Gasteiger partial charge in [0, 0.05) is 23.6 Å². The first kappa shape index (κ1) is 12.8. The van der Waals surface area contributed by atoms with Crippen molar-refractivity contribution >= 4 is 17.2 Å². The second kappa shape index (κ2) is 5.43. The van der Waals surface area contributed by atoms with Crippen LogP contribution in [0.4, 0.5) is 5.82 Å². The smallest absolute Gasteiger partial charge is 0.126 e. The number of hydrogen-bond donors (Lipinski definition) is 1. The third kappa shape index (κ3) is 2.70. The number of nitrogen functional groups attached to an aromatic ring is 1. The van der Waals surface area contributed by atoms with Crippen LogP contribution in [-0.2, 0) is 6.42 Å². The van der Waals surface area contributed by atoms with Crippen LogP contribution in [0.1, 0.15) is 16.1 Å². The van der Waals surface area contributed by atoms with E-state index < -0.39 is 0 Å². The Kier molecular flexibility index (Phi) is 3.48. The summed E-state index contributed by atoms with van der Waals surface area (Å²) in [6.45, 7) is 1.98. The monoisotopic (exact) mass is 281 g/mol. The Labute approximate surface area is 122 Å². The lowest BCUT2D eigenvalue weighted by Crippen LogP contribution is -1.96. The number of nitrogens with zero attached hydrogens (tertiary/aromatic N) is 2. The second-order valence-corrected chi connectivity index (χ2v) is 5.66. The maximum absolute atomic E-state index is 5.74. The van der Waals surface area contributed by atoms with Crippen LogP contribution in [0.3, 0.4) is 0 Å². The highest BCUT2D eigenvalue weighted by molar-refractivity contribution is 7.10. The molecule has 2 aromatic heterocycles. The van der Waals surface area contributed by atoms with Gasteiger partial charge in [0.25, 0.3) is 0 Å². The predicted molar refractivity (Wildman–Crippen MR) is 83.7 cm³/mol. The highest BCUT2D eigenvalue weighted by Gasteiger charge is 2.06. The highest BCUT2D eigenvalue weighted by Crippen LogP contribution is 2.23. The molecule has 0 amide bonds. The van der Waals surface area contributed by atoms with Crippen LogP contribution in [0.25, 0.3) is 11.3 Å². The van der Waals surface area contributed by atoms with E-state index in [4.69, 9.17) is 5.73 Å². The minimum atomic E-state index is 0.595. The fourth-order valence-corrected chi connectivity index (χ4v) is 2.89. The largest absolute Gasteiger partial charge is 0.383 e. The van der Waals surface area contributed by atoms with Gasteiger partial charge in [0.1, 0.15) is 5.82 Å². The van der Waals surface area contributed by atoms with Gasteiger partial charge in [0.2, 0.25) is 0 Å². The zero-order chi connectivity index (χ0) is 13.9. The first-order valence-electron chi connectivity index (χ1n) is 6.43. The predicted octanol–water partition coefficient (Wildman–Crippen LogP) is 3.69. The summed E-state index contributed by atoms with van der Waals surface area (Å²) in [6, 6.07) is 12.3. The van der Waals surface area contributed by atoms with E-state index in [0.29, 0.717) is 5.82 Å². The number of rotatable bonds is 3. The third-order valence-electron chi connectivity index (χ3n) is 3.15. The van der Waals surface area contributed by atoms with E-state index in [-0.39, 0.29) is 0 Å². The molecule has 0 fully saturated rings. The van der Waals surface area contributed by atoms with Gasteiger partial charge in [-0.1, -0.05) is 36.4 Å². The summed E-state index contributed by atoms with van der Waals surface area (Å²) in [6.07, 6.45) is 2.62. The topological polar surface area (TPSA) is 51.8 Å². The van der Waals surface area contributed by atoms with Crippen molar-refractivity contribution < 1.29 is 0 Å². The quantitative estimate of drug-likeness (QED) is 0.796. The Morgan fingerprint density at radius 3 is 2.75 bits per heavy atom. The molecule has 0 spiro atoms. The Hall–Kier alpha value is -2.20. The van der Waals surface area contributed by atoms with Crippen molar-refractivity contribution in [2.75, 3.05) is 5.73 Å². The van der Waals surface area contributed by atoms with Gasteiger partial charge >= 0.3 is 0 Å². The molecule has 0 aliphatic carbocycles. The summed E-state index contributed by atoms with van der Waals surface area (Å²) in [7, 11) is 0. The summed E-state index contributed by atoms with van der Waals surface area (Å²) < 4.78 is 0. The molecule has 2 heterocycles. The van der Waals surface area contributed by atoms with Crippen molar-refractivity contribution in [3.8, 4) is 11.3 Å². The fourth-order valence-electron chi connectivity index (χ4n) is 2.05. The first-order valence-corrected chi connectivity index (χ1v) is 7.31. The van der Waals surface area contributed by atoms with Crippen LogP contribution < -0.4 is 5.73 Å². The van der Waals surface area contributed by atoms with Crippen LogP contribution in [0.15, 0.2) is 48.0 Å². The molecule has 2 N–H and O–H groups in total. The molecule has 100 valence electrons. The average molecular weight is 281 g/mol. The van der Waals surface area contributed by atoms with Crippen LogP contribution in [-0.4, -0.2) is 9.97 Å². The van der Waals surface area contributed by atoms with Gasteiger partial charge in [-0.25, -0.2) is 9.97 Å². The highest BCUT2D eigenvalue weighted by atomic mass is 32.1. The van der Waals surface area contributed by atoms with Crippen LogP contribution in [0, 0.1) is 6.92 Å². The third-order valence-corrected chi connectivity index (χ3v) is 4.00. The van der Waals surface area contributed by atoms with E-state index in [1.54, 1.807) is 11.3 Å². The summed E-state index contributed by atoms with van der Waals surface area (Å²) in [5, 5.41) is 3.19. The van der Waals surface area contributed by atoms with Crippen LogP contribution in [0.5, 0.6) is 0 Å². The van der Waals surface area contributed by atoms with Gasteiger partial charge in [0.15, 0.2) is 0 Å². The van der Waals surface area contributed by atoms with Gasteiger partial charge in [-0.05, 0) is 18.1 Å². The number of hydrogen-bond acceptors (Lipinski definition) is 4. The molecule has 0 radical (unpaired) electrons. The summed E-state index contributed by atoms with van der Waals surface area (Å²) in [5.74, 6) is 0.595. The van der Waals surface area contributed by atoms with Crippen LogP contribution >= 0.6 is 11.3 Å². The molecule has 4 heteroatoms. The van der Waals surface area contributed by atoms with Gasteiger partial charge in [-0.15, -0.1) is 11.3 Å². The molecule has 0 saturated heterocycles. The van der Waals surface area contributed by atoms with Crippen LogP contribution in [0.2, 0.25) is 0 Å². The Morgan fingerprint density at radius 1 is 1.20 bits per heavy atom. The Balaban J connectivity index is 1.82. The van der Waals surface area contributed by atoms with Crippen molar-refractivity contribution in [3.63, 3.8) is 0 Å². The number of nitrogens with two attached hydrogens (primary N) is 1. The lowest BCUT2D eigenvalue weighted by Gasteiger charge is -2.02. The maximum atomic E-state index is 5.74. The van der Waals surface area contributed by atoms with Crippen molar-refractivity contribution in [3.05, 3.63) is 64.1 Å². The van der Waals surface area contributed by atoms with Gasteiger partial charge in [-0.2, -0.15) is 0 Å². The average Bonchev–Trinajstić information content (AvgIpc) is 2.92. The summed E-state index contributed by atoms with van der Waals surface area (Å²) >= 11 is 1.68. The van der Waals surface area contributed by atoms with Gasteiger partial charge in [0.05, 0.1) is 10.7 Å². The molecule has 20 heavy (non-hydrogen) atoms. The molecule has 0 bridgehead atoms. The number of benzene rings is 1. The van der Waals surface area contributed by atoms with Crippen molar-refractivity contribution in [1.29, 1.82) is 0 Å². The molecule has 0 saturated carbocycles. The molecule has 3 aromatic rings. The number of anilines is 1. The van der Waals surface area contributed by atoms with Gasteiger partial charge < -0.3 is 5.73 Å². The molecular weight excluding hydrogens is 266 g/mol. The van der Waals surface area contributed by atoms with E-state index in [2.05, 4.69) is 33.5 Å². The molecular formula is C16H15N3S. The molecule has 0 aliphatic rings. The molecule has 0 aliphatic heterocycles. The van der Waals surface area contributed by atoms with E-state index >= 15 is 0 Å². The minimum Gasteiger partial charge on any atom is -0.383 e. The van der Waals surface area contributed by atoms with E-state index in [9.17, 15) is 0 Å². The van der Waals surface area contributed by atoms with Crippen molar-refractivity contribution in [2.45, 2.75) is 13.3 Å². The number of aromatic nitrogens is 2. The Bertz CT molecular complexity index is 720. The number of pyridine rings is 1. The molecule has 1 aromatic carbocycles. The summed E-state index contributed by atoms with van der Waals surface area (Å²) in [5.41, 5.74) is 10.1. The van der Waals surface area contributed by atoms with Crippen molar-refractivity contribution in [1.82, 2.24) is 9.97 Å². The van der Waals surface area contributed by atoms with Gasteiger partial charge in [-0.3, -0.25) is 0 Å².